The lowest BCUT2D eigenvalue weighted by Crippen LogP contribution is -2.35. The standard InChI is InChI=1S/C16H23N7/c1-3-12-7-15(21-10-19-12)18-9-13-5-4-6-23(13)16-8-14(17-2)20-11-22-16/h7-8,10-11,13H,3-6,9H2,1-2H3,(H,17,20,22)(H,18,19,21). The Labute approximate surface area is 136 Å². The van der Waals surface area contributed by atoms with Crippen molar-refractivity contribution in [2.45, 2.75) is 32.2 Å². The Balaban J connectivity index is 1.66. The molecule has 0 aromatic carbocycles. The van der Waals surface area contributed by atoms with Gasteiger partial charge in [0.1, 0.15) is 30.1 Å². The van der Waals surface area contributed by atoms with E-state index in [1.165, 1.54) is 6.42 Å². The smallest absolute Gasteiger partial charge is 0.134 e. The number of aryl methyl sites for hydroxylation is 1. The minimum atomic E-state index is 0.412. The summed E-state index contributed by atoms with van der Waals surface area (Å²) >= 11 is 0. The van der Waals surface area contributed by atoms with Gasteiger partial charge in [-0.15, -0.1) is 0 Å². The number of rotatable bonds is 6. The first kappa shape index (κ1) is 15.5. The highest BCUT2D eigenvalue weighted by atomic mass is 15.3. The molecule has 3 heterocycles. The summed E-state index contributed by atoms with van der Waals surface area (Å²) in [6.07, 6.45) is 6.48. The number of hydrogen-bond acceptors (Lipinski definition) is 7. The molecule has 2 N–H and O–H groups in total. The van der Waals surface area contributed by atoms with Gasteiger partial charge in [-0.1, -0.05) is 6.92 Å². The molecule has 7 nitrogen and oxygen atoms in total. The summed E-state index contributed by atoms with van der Waals surface area (Å²) in [6, 6.07) is 4.43. The van der Waals surface area contributed by atoms with Gasteiger partial charge in [-0.3, -0.25) is 0 Å². The first-order chi connectivity index (χ1) is 11.3. The molecule has 1 saturated heterocycles. The number of aromatic nitrogens is 4. The second-order valence-electron chi connectivity index (χ2n) is 5.63. The van der Waals surface area contributed by atoms with Crippen LogP contribution in [0.1, 0.15) is 25.5 Å². The van der Waals surface area contributed by atoms with Crippen LogP contribution in [0.4, 0.5) is 17.5 Å². The number of hydrogen-bond donors (Lipinski definition) is 2. The zero-order chi connectivity index (χ0) is 16.1. The highest BCUT2D eigenvalue weighted by Crippen LogP contribution is 2.25. The summed E-state index contributed by atoms with van der Waals surface area (Å²) in [5.74, 6) is 2.71. The number of nitrogens with one attached hydrogen (secondary N) is 2. The van der Waals surface area contributed by atoms with Crippen molar-refractivity contribution in [3.05, 3.63) is 30.5 Å². The van der Waals surface area contributed by atoms with E-state index in [2.05, 4.69) is 42.4 Å². The molecule has 1 fully saturated rings. The molecule has 0 spiro atoms. The van der Waals surface area contributed by atoms with Gasteiger partial charge in [0.2, 0.25) is 0 Å². The van der Waals surface area contributed by atoms with E-state index in [4.69, 9.17) is 0 Å². The van der Waals surface area contributed by atoms with Crippen molar-refractivity contribution in [2.24, 2.45) is 0 Å². The molecule has 0 aliphatic carbocycles. The molecule has 1 atom stereocenters. The molecule has 7 heteroatoms. The summed E-state index contributed by atoms with van der Waals surface area (Å²) in [4.78, 5) is 19.5. The van der Waals surface area contributed by atoms with Gasteiger partial charge in [0.05, 0.1) is 0 Å². The van der Waals surface area contributed by atoms with E-state index < -0.39 is 0 Å². The molecule has 0 bridgehead atoms. The Morgan fingerprint density at radius 3 is 2.78 bits per heavy atom. The van der Waals surface area contributed by atoms with E-state index in [1.807, 2.05) is 19.2 Å². The van der Waals surface area contributed by atoms with Crippen molar-refractivity contribution in [3.63, 3.8) is 0 Å². The zero-order valence-electron chi connectivity index (χ0n) is 13.7. The van der Waals surface area contributed by atoms with Crippen molar-refractivity contribution in [1.29, 1.82) is 0 Å². The van der Waals surface area contributed by atoms with Crippen LogP contribution in [0.3, 0.4) is 0 Å². The molecular weight excluding hydrogens is 290 g/mol. The average molecular weight is 313 g/mol. The maximum atomic E-state index is 4.42. The predicted molar refractivity (Wildman–Crippen MR) is 91.8 cm³/mol. The molecule has 0 amide bonds. The fourth-order valence-corrected chi connectivity index (χ4v) is 2.90. The van der Waals surface area contributed by atoms with Crippen molar-refractivity contribution >= 4 is 17.5 Å². The van der Waals surface area contributed by atoms with Gasteiger partial charge in [0.15, 0.2) is 0 Å². The second kappa shape index (κ2) is 7.21. The average Bonchev–Trinajstić information content (AvgIpc) is 3.09. The monoisotopic (exact) mass is 313 g/mol. The summed E-state index contributed by atoms with van der Waals surface area (Å²) in [7, 11) is 1.87. The lowest BCUT2D eigenvalue weighted by atomic mass is 10.2. The normalized spacial score (nSPS) is 17.3. The Bertz CT molecular complexity index is 646. The lowest BCUT2D eigenvalue weighted by molar-refractivity contribution is 0.688. The van der Waals surface area contributed by atoms with E-state index in [-0.39, 0.29) is 0 Å². The third-order valence-corrected chi connectivity index (χ3v) is 4.18. The molecule has 1 unspecified atom stereocenters. The Morgan fingerprint density at radius 1 is 1.13 bits per heavy atom. The number of anilines is 3. The van der Waals surface area contributed by atoms with Gasteiger partial charge in [-0.2, -0.15) is 0 Å². The third-order valence-electron chi connectivity index (χ3n) is 4.18. The van der Waals surface area contributed by atoms with Gasteiger partial charge in [0.25, 0.3) is 0 Å². The maximum absolute atomic E-state index is 4.42. The van der Waals surface area contributed by atoms with Crippen molar-refractivity contribution in [3.8, 4) is 0 Å². The van der Waals surface area contributed by atoms with Crippen molar-refractivity contribution in [2.75, 3.05) is 35.7 Å². The van der Waals surface area contributed by atoms with Crippen LogP contribution in [0, 0.1) is 0 Å². The fourth-order valence-electron chi connectivity index (χ4n) is 2.90. The predicted octanol–water partition coefficient (Wildman–Crippen LogP) is 1.95. The van der Waals surface area contributed by atoms with Gasteiger partial charge in [0, 0.05) is 44.0 Å². The van der Waals surface area contributed by atoms with E-state index in [9.17, 15) is 0 Å². The van der Waals surface area contributed by atoms with E-state index in [0.29, 0.717) is 6.04 Å². The molecule has 2 aromatic rings. The molecule has 1 aliphatic heterocycles. The molecule has 3 rings (SSSR count). The molecule has 122 valence electrons. The van der Waals surface area contributed by atoms with E-state index in [1.54, 1.807) is 12.7 Å². The molecular formula is C16H23N7. The quantitative estimate of drug-likeness (QED) is 0.844. The Morgan fingerprint density at radius 2 is 1.96 bits per heavy atom. The van der Waals surface area contributed by atoms with Crippen LogP contribution in [0.5, 0.6) is 0 Å². The minimum Gasteiger partial charge on any atom is -0.373 e. The summed E-state index contributed by atoms with van der Waals surface area (Å²) in [5.41, 5.74) is 1.06. The molecule has 0 saturated carbocycles. The van der Waals surface area contributed by atoms with Crippen LogP contribution in [0.2, 0.25) is 0 Å². The summed E-state index contributed by atoms with van der Waals surface area (Å²) < 4.78 is 0. The van der Waals surface area contributed by atoms with Crippen LogP contribution in [-0.2, 0) is 6.42 Å². The fraction of sp³-hybridized carbons (Fsp3) is 0.500. The Kier molecular flexibility index (Phi) is 4.85. The highest BCUT2D eigenvalue weighted by molar-refractivity contribution is 5.50. The molecule has 0 radical (unpaired) electrons. The van der Waals surface area contributed by atoms with Crippen LogP contribution in [0.25, 0.3) is 0 Å². The van der Waals surface area contributed by atoms with Gasteiger partial charge in [-0.05, 0) is 19.3 Å². The van der Waals surface area contributed by atoms with Crippen LogP contribution in [0.15, 0.2) is 24.8 Å². The van der Waals surface area contributed by atoms with Crippen LogP contribution in [-0.4, -0.2) is 46.1 Å². The van der Waals surface area contributed by atoms with E-state index >= 15 is 0 Å². The van der Waals surface area contributed by atoms with Crippen molar-refractivity contribution in [1.82, 2.24) is 19.9 Å². The SMILES string of the molecule is CCc1cc(NCC2CCCN2c2cc(NC)ncn2)ncn1. The van der Waals surface area contributed by atoms with Crippen LogP contribution >= 0.6 is 0 Å². The topological polar surface area (TPSA) is 78.9 Å². The first-order valence-electron chi connectivity index (χ1n) is 8.11. The third kappa shape index (κ3) is 3.67. The highest BCUT2D eigenvalue weighted by Gasteiger charge is 2.25. The second-order valence-corrected chi connectivity index (χ2v) is 5.63. The zero-order valence-corrected chi connectivity index (χ0v) is 13.7. The Hall–Kier alpha value is -2.44. The molecule has 2 aromatic heterocycles. The van der Waals surface area contributed by atoms with Gasteiger partial charge < -0.3 is 15.5 Å². The van der Waals surface area contributed by atoms with Crippen molar-refractivity contribution < 1.29 is 0 Å². The number of nitrogens with zero attached hydrogens (tertiary/aromatic N) is 5. The van der Waals surface area contributed by atoms with Crippen LogP contribution < -0.4 is 15.5 Å². The molecule has 23 heavy (non-hydrogen) atoms. The summed E-state index contributed by atoms with van der Waals surface area (Å²) in [6.45, 7) is 3.97. The summed E-state index contributed by atoms with van der Waals surface area (Å²) in [5, 5.41) is 6.50. The first-order valence-corrected chi connectivity index (χ1v) is 8.11. The lowest BCUT2D eigenvalue weighted by Gasteiger charge is -2.26. The maximum Gasteiger partial charge on any atom is 0.134 e. The minimum absolute atomic E-state index is 0.412. The van der Waals surface area contributed by atoms with E-state index in [0.717, 1.165) is 49.1 Å². The largest absolute Gasteiger partial charge is 0.373 e. The van der Waals surface area contributed by atoms with Gasteiger partial charge >= 0.3 is 0 Å². The van der Waals surface area contributed by atoms with Gasteiger partial charge in [-0.25, -0.2) is 19.9 Å². The molecule has 1 aliphatic rings.